The maximum atomic E-state index is 4.28. The normalized spacial score (nSPS) is 10.8. The van der Waals surface area contributed by atoms with Crippen LogP contribution in [0.2, 0.25) is 0 Å². The molecule has 16 heavy (non-hydrogen) atoms. The summed E-state index contributed by atoms with van der Waals surface area (Å²) in [7, 11) is 0. The number of nitrogens with one attached hydrogen (secondary N) is 1. The van der Waals surface area contributed by atoms with Crippen LogP contribution in [0.5, 0.6) is 0 Å². The molecule has 0 aliphatic heterocycles. The van der Waals surface area contributed by atoms with Crippen molar-refractivity contribution in [1.29, 1.82) is 0 Å². The number of fused-ring (bicyclic) bond motifs is 1. The minimum Gasteiger partial charge on any atom is -0.352 e. The Bertz CT molecular complexity index is 626. The Morgan fingerprint density at radius 3 is 2.69 bits per heavy atom. The van der Waals surface area contributed by atoms with E-state index >= 15 is 0 Å². The van der Waals surface area contributed by atoms with E-state index in [4.69, 9.17) is 0 Å². The first-order valence-corrected chi connectivity index (χ1v) is 5.20. The number of H-pyrrole nitrogens is 1. The minimum absolute atomic E-state index is 0.985. The van der Waals surface area contributed by atoms with E-state index in [0.29, 0.717) is 0 Å². The molecule has 0 fully saturated rings. The molecule has 2 heterocycles. The number of benzene rings is 1. The van der Waals surface area contributed by atoms with Crippen LogP contribution in [0.15, 0.2) is 42.9 Å². The summed E-state index contributed by atoms with van der Waals surface area (Å²) in [4.78, 5) is 11.7. The fraction of sp³-hybridized carbons (Fsp3) is 0.0769. The monoisotopic (exact) mass is 209 g/mol. The molecule has 1 N–H and O–H groups in total. The van der Waals surface area contributed by atoms with E-state index in [-0.39, 0.29) is 0 Å². The van der Waals surface area contributed by atoms with Gasteiger partial charge in [0, 0.05) is 5.56 Å². The first-order chi connectivity index (χ1) is 7.86. The van der Waals surface area contributed by atoms with Gasteiger partial charge in [0.2, 0.25) is 0 Å². The minimum atomic E-state index is 0.985. The largest absolute Gasteiger partial charge is 0.352 e. The third-order valence-electron chi connectivity index (χ3n) is 2.76. The van der Waals surface area contributed by atoms with E-state index in [9.17, 15) is 0 Å². The smallest absolute Gasteiger partial charge is 0.116 e. The first kappa shape index (κ1) is 9.09. The number of aromatic nitrogens is 3. The van der Waals surface area contributed by atoms with Gasteiger partial charge in [0.15, 0.2) is 0 Å². The Labute approximate surface area is 93.2 Å². The van der Waals surface area contributed by atoms with Crippen LogP contribution < -0.4 is 0 Å². The molecular formula is C13H11N3. The van der Waals surface area contributed by atoms with Crippen molar-refractivity contribution in [2.24, 2.45) is 0 Å². The third-order valence-corrected chi connectivity index (χ3v) is 2.76. The number of aryl methyl sites for hydroxylation is 1. The van der Waals surface area contributed by atoms with Crippen LogP contribution in [0.25, 0.3) is 22.3 Å². The molecule has 0 saturated heterocycles. The average Bonchev–Trinajstić information content (AvgIpc) is 2.69. The topological polar surface area (TPSA) is 41.6 Å². The zero-order valence-electron chi connectivity index (χ0n) is 8.94. The van der Waals surface area contributed by atoms with Gasteiger partial charge in [0.1, 0.15) is 6.33 Å². The second-order valence-corrected chi connectivity index (χ2v) is 3.78. The molecule has 0 saturated carbocycles. The summed E-state index contributed by atoms with van der Waals surface area (Å²) in [5.41, 5.74) is 5.45. The molecule has 3 nitrogen and oxygen atoms in total. The summed E-state index contributed by atoms with van der Waals surface area (Å²) < 4.78 is 0. The molecule has 78 valence electrons. The molecule has 0 aliphatic rings. The van der Waals surface area contributed by atoms with Gasteiger partial charge in [0.25, 0.3) is 0 Å². The second-order valence-electron chi connectivity index (χ2n) is 3.78. The van der Waals surface area contributed by atoms with E-state index < -0.39 is 0 Å². The van der Waals surface area contributed by atoms with Crippen molar-refractivity contribution < 1.29 is 0 Å². The van der Waals surface area contributed by atoms with Gasteiger partial charge in [-0.2, -0.15) is 0 Å². The number of hydrogen-bond donors (Lipinski definition) is 1. The maximum absolute atomic E-state index is 4.28. The highest BCUT2D eigenvalue weighted by atomic mass is 14.9. The van der Waals surface area contributed by atoms with Crippen LogP contribution in [-0.4, -0.2) is 15.0 Å². The number of hydrogen-bond acceptors (Lipinski definition) is 2. The van der Waals surface area contributed by atoms with E-state index in [0.717, 1.165) is 16.7 Å². The fourth-order valence-electron chi connectivity index (χ4n) is 1.96. The van der Waals surface area contributed by atoms with Gasteiger partial charge < -0.3 is 4.98 Å². The van der Waals surface area contributed by atoms with Crippen LogP contribution in [-0.2, 0) is 0 Å². The highest BCUT2D eigenvalue weighted by Gasteiger charge is 2.09. The van der Waals surface area contributed by atoms with Crippen molar-refractivity contribution in [1.82, 2.24) is 15.0 Å². The van der Waals surface area contributed by atoms with Crippen molar-refractivity contribution in [3.8, 4) is 11.3 Å². The fourth-order valence-corrected chi connectivity index (χ4v) is 1.96. The van der Waals surface area contributed by atoms with Crippen LogP contribution >= 0.6 is 0 Å². The van der Waals surface area contributed by atoms with Gasteiger partial charge in [-0.25, -0.2) is 9.97 Å². The van der Waals surface area contributed by atoms with Crippen molar-refractivity contribution in [3.63, 3.8) is 0 Å². The first-order valence-electron chi connectivity index (χ1n) is 5.20. The molecule has 0 bridgehead atoms. The molecule has 0 atom stereocenters. The van der Waals surface area contributed by atoms with Gasteiger partial charge >= 0.3 is 0 Å². The lowest BCUT2D eigenvalue weighted by molar-refractivity contribution is 1.21. The predicted octanol–water partition coefficient (Wildman–Crippen LogP) is 2.93. The summed E-state index contributed by atoms with van der Waals surface area (Å²) in [6, 6.07) is 10.3. The third kappa shape index (κ3) is 1.29. The lowest BCUT2D eigenvalue weighted by atomic mass is 10.1. The maximum Gasteiger partial charge on any atom is 0.116 e. The summed E-state index contributed by atoms with van der Waals surface area (Å²) >= 11 is 0. The quantitative estimate of drug-likeness (QED) is 0.669. The van der Waals surface area contributed by atoms with Gasteiger partial charge in [-0.05, 0) is 12.5 Å². The Balaban J connectivity index is 2.29. The van der Waals surface area contributed by atoms with Gasteiger partial charge in [-0.3, -0.25) is 0 Å². The van der Waals surface area contributed by atoms with Crippen LogP contribution in [0, 0.1) is 6.92 Å². The second kappa shape index (κ2) is 3.45. The van der Waals surface area contributed by atoms with Gasteiger partial charge in [0.05, 0.1) is 22.9 Å². The Hall–Kier alpha value is -2.16. The summed E-state index contributed by atoms with van der Waals surface area (Å²) in [6.45, 7) is 2.08. The van der Waals surface area contributed by atoms with Crippen molar-refractivity contribution in [2.45, 2.75) is 6.92 Å². The zero-order valence-corrected chi connectivity index (χ0v) is 8.94. The van der Waals surface area contributed by atoms with Crippen LogP contribution in [0.1, 0.15) is 5.56 Å². The lowest BCUT2D eigenvalue weighted by Gasteiger charge is -1.98. The Morgan fingerprint density at radius 2 is 1.94 bits per heavy atom. The molecule has 1 aromatic carbocycles. The molecule has 3 aromatic rings. The molecule has 0 amide bonds. The van der Waals surface area contributed by atoms with Crippen molar-refractivity contribution in [3.05, 3.63) is 48.4 Å². The molecule has 3 rings (SSSR count). The summed E-state index contributed by atoms with van der Waals surface area (Å²) in [5.74, 6) is 0. The highest BCUT2D eigenvalue weighted by Crippen LogP contribution is 2.27. The van der Waals surface area contributed by atoms with E-state index in [1.807, 2.05) is 24.4 Å². The SMILES string of the molecule is Cc1c(-c2ccccc2)[nH]c2cncnc12. The molecule has 2 aromatic heterocycles. The number of rotatable bonds is 1. The molecule has 0 unspecified atom stereocenters. The van der Waals surface area contributed by atoms with Crippen molar-refractivity contribution in [2.75, 3.05) is 0 Å². The Morgan fingerprint density at radius 1 is 1.12 bits per heavy atom. The summed E-state index contributed by atoms with van der Waals surface area (Å²) in [5, 5.41) is 0. The van der Waals surface area contributed by atoms with Gasteiger partial charge in [-0.1, -0.05) is 30.3 Å². The van der Waals surface area contributed by atoms with E-state index in [2.05, 4.69) is 34.0 Å². The molecule has 0 aliphatic carbocycles. The number of nitrogens with zero attached hydrogens (tertiary/aromatic N) is 2. The highest BCUT2D eigenvalue weighted by molar-refractivity contribution is 5.86. The van der Waals surface area contributed by atoms with Crippen LogP contribution in [0.4, 0.5) is 0 Å². The molecule has 3 heteroatoms. The lowest BCUT2D eigenvalue weighted by Crippen LogP contribution is -1.79. The predicted molar refractivity (Wildman–Crippen MR) is 64.1 cm³/mol. The summed E-state index contributed by atoms with van der Waals surface area (Å²) in [6.07, 6.45) is 3.39. The molecule has 0 spiro atoms. The van der Waals surface area contributed by atoms with E-state index in [1.165, 1.54) is 11.1 Å². The number of aromatic amines is 1. The zero-order chi connectivity index (χ0) is 11.0. The molecular weight excluding hydrogens is 198 g/mol. The van der Waals surface area contributed by atoms with E-state index in [1.54, 1.807) is 6.33 Å². The van der Waals surface area contributed by atoms with Crippen molar-refractivity contribution >= 4 is 11.0 Å². The average molecular weight is 209 g/mol. The molecule has 0 radical (unpaired) electrons. The Kier molecular flexibility index (Phi) is 1.96. The van der Waals surface area contributed by atoms with Gasteiger partial charge in [-0.15, -0.1) is 0 Å². The standard InChI is InChI=1S/C13H11N3/c1-9-12(10-5-3-2-4-6-10)16-11-7-14-8-15-13(9)11/h2-8,16H,1H3. The van der Waals surface area contributed by atoms with Crippen LogP contribution in [0.3, 0.4) is 0 Å².